The Hall–Kier alpha value is -2.49. The molecule has 1 aliphatic rings. The SMILES string of the molecule is Cc1cc(NC(=O)c2ccc3c(c2)CCO3)ccc1N(C)C. The van der Waals surface area contributed by atoms with Crippen molar-refractivity contribution in [3.63, 3.8) is 0 Å². The van der Waals surface area contributed by atoms with Gasteiger partial charge in [-0.05, 0) is 54.4 Å². The zero-order valence-electron chi connectivity index (χ0n) is 13.1. The van der Waals surface area contributed by atoms with Gasteiger partial charge in [-0.2, -0.15) is 0 Å². The predicted molar refractivity (Wildman–Crippen MR) is 89.1 cm³/mol. The molecular weight excluding hydrogens is 276 g/mol. The largest absolute Gasteiger partial charge is 0.493 e. The number of hydrogen-bond donors (Lipinski definition) is 1. The molecule has 3 rings (SSSR count). The van der Waals surface area contributed by atoms with Gasteiger partial charge in [0.1, 0.15) is 5.75 Å². The van der Waals surface area contributed by atoms with Crippen molar-refractivity contribution in [2.45, 2.75) is 13.3 Å². The number of amides is 1. The Kier molecular flexibility index (Phi) is 3.75. The topological polar surface area (TPSA) is 41.6 Å². The zero-order valence-corrected chi connectivity index (χ0v) is 13.1. The molecule has 4 nitrogen and oxygen atoms in total. The molecule has 114 valence electrons. The average molecular weight is 296 g/mol. The van der Waals surface area contributed by atoms with E-state index < -0.39 is 0 Å². The van der Waals surface area contributed by atoms with E-state index in [0.29, 0.717) is 12.2 Å². The minimum Gasteiger partial charge on any atom is -0.493 e. The second-order valence-electron chi connectivity index (χ2n) is 5.77. The number of aryl methyl sites for hydroxylation is 1. The molecule has 2 aromatic rings. The van der Waals surface area contributed by atoms with Gasteiger partial charge in [-0.1, -0.05) is 0 Å². The standard InChI is InChI=1S/C18H20N2O2/c1-12-10-15(5-6-16(12)20(2)3)19-18(21)14-4-7-17-13(11-14)8-9-22-17/h4-7,10-11H,8-9H2,1-3H3,(H,19,21). The van der Waals surface area contributed by atoms with Gasteiger partial charge in [-0.3, -0.25) is 4.79 Å². The van der Waals surface area contributed by atoms with Gasteiger partial charge in [0.2, 0.25) is 0 Å². The molecule has 1 aliphatic heterocycles. The molecule has 0 atom stereocenters. The number of rotatable bonds is 3. The number of carbonyl (C=O) groups excluding carboxylic acids is 1. The third-order valence-electron chi connectivity index (χ3n) is 3.89. The van der Waals surface area contributed by atoms with E-state index in [1.54, 1.807) is 6.07 Å². The smallest absolute Gasteiger partial charge is 0.255 e. The van der Waals surface area contributed by atoms with Crippen LogP contribution in [0.1, 0.15) is 21.5 Å². The van der Waals surface area contributed by atoms with Crippen LogP contribution < -0.4 is 15.0 Å². The quantitative estimate of drug-likeness (QED) is 0.945. The first-order valence-corrected chi connectivity index (χ1v) is 7.39. The van der Waals surface area contributed by atoms with Crippen molar-refractivity contribution in [3.05, 3.63) is 53.1 Å². The Bertz CT molecular complexity index is 723. The van der Waals surface area contributed by atoms with E-state index in [4.69, 9.17) is 4.74 Å². The summed E-state index contributed by atoms with van der Waals surface area (Å²) in [5, 5.41) is 2.96. The molecule has 0 saturated carbocycles. The van der Waals surface area contributed by atoms with Gasteiger partial charge in [0, 0.05) is 37.5 Å². The van der Waals surface area contributed by atoms with Gasteiger partial charge in [-0.25, -0.2) is 0 Å². The Morgan fingerprint density at radius 3 is 2.73 bits per heavy atom. The molecule has 22 heavy (non-hydrogen) atoms. The van der Waals surface area contributed by atoms with Crippen LogP contribution in [0.25, 0.3) is 0 Å². The summed E-state index contributed by atoms with van der Waals surface area (Å²) >= 11 is 0. The number of anilines is 2. The lowest BCUT2D eigenvalue weighted by Gasteiger charge is -2.16. The summed E-state index contributed by atoms with van der Waals surface area (Å²) in [6.45, 7) is 2.74. The number of benzene rings is 2. The highest BCUT2D eigenvalue weighted by molar-refractivity contribution is 6.04. The van der Waals surface area contributed by atoms with Crippen molar-refractivity contribution in [1.29, 1.82) is 0 Å². The summed E-state index contributed by atoms with van der Waals surface area (Å²) in [6.07, 6.45) is 0.868. The molecule has 0 radical (unpaired) electrons. The van der Waals surface area contributed by atoms with Crippen LogP contribution in [0.15, 0.2) is 36.4 Å². The Labute approximate surface area is 130 Å². The number of hydrogen-bond acceptors (Lipinski definition) is 3. The predicted octanol–water partition coefficient (Wildman–Crippen LogP) is 3.25. The highest BCUT2D eigenvalue weighted by Crippen LogP contribution is 2.27. The van der Waals surface area contributed by atoms with Crippen LogP contribution in [-0.4, -0.2) is 26.6 Å². The molecule has 0 aromatic heterocycles. The average Bonchev–Trinajstić information content (AvgIpc) is 2.94. The van der Waals surface area contributed by atoms with Gasteiger partial charge in [0.15, 0.2) is 0 Å². The Balaban J connectivity index is 1.78. The summed E-state index contributed by atoms with van der Waals surface area (Å²) in [6, 6.07) is 11.5. The lowest BCUT2D eigenvalue weighted by Crippen LogP contribution is -2.13. The van der Waals surface area contributed by atoms with Crippen molar-refractivity contribution in [2.75, 3.05) is 30.9 Å². The fraction of sp³-hybridized carbons (Fsp3) is 0.278. The molecule has 2 aromatic carbocycles. The summed E-state index contributed by atoms with van der Waals surface area (Å²) in [7, 11) is 4.01. The van der Waals surface area contributed by atoms with Crippen LogP contribution in [0.2, 0.25) is 0 Å². The Morgan fingerprint density at radius 1 is 1.18 bits per heavy atom. The molecule has 0 unspecified atom stereocenters. The van der Waals surface area contributed by atoms with E-state index in [1.165, 1.54) is 0 Å². The van der Waals surface area contributed by atoms with Crippen molar-refractivity contribution in [1.82, 2.24) is 0 Å². The summed E-state index contributed by atoms with van der Waals surface area (Å²) in [4.78, 5) is 14.4. The first-order valence-electron chi connectivity index (χ1n) is 7.39. The Morgan fingerprint density at radius 2 is 2.00 bits per heavy atom. The number of fused-ring (bicyclic) bond motifs is 1. The molecule has 1 amide bonds. The van der Waals surface area contributed by atoms with Gasteiger partial charge in [0.25, 0.3) is 5.91 Å². The normalized spacial score (nSPS) is 12.5. The molecule has 1 heterocycles. The lowest BCUT2D eigenvalue weighted by atomic mass is 10.1. The van der Waals surface area contributed by atoms with E-state index in [1.807, 2.05) is 51.4 Å². The zero-order chi connectivity index (χ0) is 15.7. The van der Waals surface area contributed by atoms with Gasteiger partial charge < -0.3 is 15.0 Å². The summed E-state index contributed by atoms with van der Waals surface area (Å²) in [5.41, 5.74) is 4.85. The first-order chi connectivity index (χ1) is 10.5. The lowest BCUT2D eigenvalue weighted by molar-refractivity contribution is 0.102. The molecule has 0 saturated heterocycles. The van der Waals surface area contributed by atoms with Gasteiger partial charge in [0.05, 0.1) is 6.61 Å². The fourth-order valence-electron chi connectivity index (χ4n) is 2.77. The molecule has 0 fully saturated rings. The van der Waals surface area contributed by atoms with E-state index >= 15 is 0 Å². The fourth-order valence-corrected chi connectivity index (χ4v) is 2.77. The van der Waals surface area contributed by atoms with Crippen molar-refractivity contribution in [3.8, 4) is 5.75 Å². The molecule has 0 spiro atoms. The van der Waals surface area contributed by atoms with Gasteiger partial charge in [-0.15, -0.1) is 0 Å². The number of nitrogens with zero attached hydrogens (tertiary/aromatic N) is 1. The van der Waals surface area contributed by atoms with E-state index in [0.717, 1.165) is 34.7 Å². The third kappa shape index (κ3) is 2.77. The third-order valence-corrected chi connectivity index (χ3v) is 3.89. The van der Waals surface area contributed by atoms with Crippen LogP contribution >= 0.6 is 0 Å². The highest BCUT2D eigenvalue weighted by atomic mass is 16.5. The first kappa shape index (κ1) is 14.4. The van der Waals surface area contributed by atoms with Crippen LogP contribution in [0.3, 0.4) is 0 Å². The maximum atomic E-state index is 12.4. The number of nitrogens with one attached hydrogen (secondary N) is 1. The van der Waals surface area contributed by atoms with E-state index in [-0.39, 0.29) is 5.91 Å². The molecule has 4 heteroatoms. The van der Waals surface area contributed by atoms with Crippen molar-refractivity contribution >= 4 is 17.3 Å². The minimum atomic E-state index is -0.0910. The van der Waals surface area contributed by atoms with E-state index in [2.05, 4.69) is 10.2 Å². The maximum Gasteiger partial charge on any atom is 0.255 e. The van der Waals surface area contributed by atoms with Gasteiger partial charge >= 0.3 is 0 Å². The highest BCUT2D eigenvalue weighted by Gasteiger charge is 2.15. The number of carbonyl (C=O) groups is 1. The molecular formula is C18H20N2O2. The molecule has 0 aliphatic carbocycles. The number of ether oxygens (including phenoxy) is 1. The van der Waals surface area contributed by atoms with Crippen molar-refractivity contribution < 1.29 is 9.53 Å². The van der Waals surface area contributed by atoms with E-state index in [9.17, 15) is 4.79 Å². The van der Waals surface area contributed by atoms with Crippen LogP contribution in [0, 0.1) is 6.92 Å². The molecule has 0 bridgehead atoms. The second kappa shape index (κ2) is 5.72. The molecule has 1 N–H and O–H groups in total. The van der Waals surface area contributed by atoms with Crippen molar-refractivity contribution in [2.24, 2.45) is 0 Å². The minimum absolute atomic E-state index is 0.0910. The van der Waals surface area contributed by atoms with Crippen LogP contribution in [-0.2, 0) is 6.42 Å². The monoisotopic (exact) mass is 296 g/mol. The van der Waals surface area contributed by atoms with Crippen LogP contribution in [0.5, 0.6) is 5.75 Å². The van der Waals surface area contributed by atoms with Crippen LogP contribution in [0.4, 0.5) is 11.4 Å². The second-order valence-corrected chi connectivity index (χ2v) is 5.77. The summed E-state index contributed by atoms with van der Waals surface area (Å²) < 4.78 is 5.47. The summed E-state index contributed by atoms with van der Waals surface area (Å²) in [5.74, 6) is 0.800. The maximum absolute atomic E-state index is 12.4.